The molecule has 4 rings (SSSR count). The number of carbonyl (C=O) groups excluding carboxylic acids is 1. The zero-order valence-corrected chi connectivity index (χ0v) is 16.2. The summed E-state index contributed by atoms with van der Waals surface area (Å²) in [6.45, 7) is 0. The number of amides is 1. The van der Waals surface area contributed by atoms with Gasteiger partial charge in [-0.25, -0.2) is 5.01 Å². The fraction of sp³-hybridized carbons (Fsp3) is 0.292. The Labute approximate surface area is 170 Å². The molecule has 1 N–H and O–H groups in total. The summed E-state index contributed by atoms with van der Waals surface area (Å²) in [5, 5.41) is 15.3. The standard InChI is InChI=1S/C24H24N2O3/c27-21(14-15-22(28)29)26-24(18-10-5-2-6-11-18)20-13-7-12-19(23(20)25-26)16-17-8-3-1-4-9-17/h1-6,8-11,16,20,24H,7,12-15H2,(H,28,29)/b19-16+/t20-,24-/m1/s1. The predicted molar refractivity (Wildman–Crippen MR) is 112 cm³/mol. The van der Waals surface area contributed by atoms with Crippen LogP contribution in [-0.2, 0) is 9.59 Å². The van der Waals surface area contributed by atoms with E-state index in [-0.39, 0.29) is 30.7 Å². The van der Waals surface area contributed by atoms with Gasteiger partial charge in [-0.3, -0.25) is 9.59 Å². The Morgan fingerprint density at radius 3 is 2.41 bits per heavy atom. The van der Waals surface area contributed by atoms with Crippen molar-refractivity contribution in [1.29, 1.82) is 0 Å². The van der Waals surface area contributed by atoms with Crippen LogP contribution in [0.2, 0.25) is 0 Å². The number of hydrogen-bond acceptors (Lipinski definition) is 3. The van der Waals surface area contributed by atoms with Crippen LogP contribution in [0.15, 0.2) is 71.3 Å². The molecule has 2 aliphatic rings. The van der Waals surface area contributed by atoms with E-state index < -0.39 is 5.97 Å². The van der Waals surface area contributed by atoms with Crippen molar-refractivity contribution in [3.8, 4) is 0 Å². The number of hydrazone groups is 1. The maximum absolute atomic E-state index is 12.9. The van der Waals surface area contributed by atoms with Gasteiger partial charge in [-0.1, -0.05) is 60.7 Å². The minimum absolute atomic E-state index is 0.0418. The van der Waals surface area contributed by atoms with Crippen LogP contribution < -0.4 is 0 Å². The van der Waals surface area contributed by atoms with E-state index in [0.717, 1.165) is 36.1 Å². The number of benzene rings is 2. The van der Waals surface area contributed by atoms with Crippen LogP contribution in [-0.4, -0.2) is 27.7 Å². The first-order chi connectivity index (χ1) is 14.1. The Morgan fingerprint density at radius 1 is 1.03 bits per heavy atom. The van der Waals surface area contributed by atoms with E-state index in [4.69, 9.17) is 10.2 Å². The minimum atomic E-state index is -0.969. The van der Waals surface area contributed by atoms with Crippen molar-refractivity contribution < 1.29 is 14.7 Å². The van der Waals surface area contributed by atoms with Crippen LogP contribution in [0.5, 0.6) is 0 Å². The molecule has 1 fully saturated rings. The lowest BCUT2D eigenvalue weighted by Gasteiger charge is -2.29. The van der Waals surface area contributed by atoms with Crippen LogP contribution in [0.4, 0.5) is 0 Å². The van der Waals surface area contributed by atoms with Gasteiger partial charge < -0.3 is 5.11 Å². The van der Waals surface area contributed by atoms with E-state index in [1.54, 1.807) is 5.01 Å². The largest absolute Gasteiger partial charge is 0.481 e. The summed E-state index contributed by atoms with van der Waals surface area (Å²) in [6.07, 6.45) is 4.89. The lowest BCUT2D eigenvalue weighted by molar-refractivity contribution is -0.141. The summed E-state index contributed by atoms with van der Waals surface area (Å²) in [5.41, 5.74) is 4.30. The summed E-state index contributed by atoms with van der Waals surface area (Å²) in [5.74, 6) is -1.07. The Morgan fingerprint density at radius 2 is 1.72 bits per heavy atom. The van der Waals surface area contributed by atoms with Crippen LogP contribution in [0, 0.1) is 5.92 Å². The molecule has 0 saturated heterocycles. The first-order valence-corrected chi connectivity index (χ1v) is 10.1. The van der Waals surface area contributed by atoms with Gasteiger partial charge in [0.25, 0.3) is 0 Å². The molecule has 0 bridgehead atoms. The van der Waals surface area contributed by atoms with Crippen molar-refractivity contribution in [2.24, 2.45) is 11.0 Å². The summed E-state index contributed by atoms with van der Waals surface area (Å²) in [6, 6.07) is 19.9. The van der Waals surface area contributed by atoms with Gasteiger partial charge in [-0.15, -0.1) is 0 Å². The Balaban J connectivity index is 1.70. The molecule has 0 unspecified atom stereocenters. The molecule has 1 heterocycles. The first-order valence-electron chi connectivity index (χ1n) is 10.1. The van der Waals surface area contributed by atoms with Crippen molar-refractivity contribution in [2.45, 2.75) is 38.1 Å². The van der Waals surface area contributed by atoms with Gasteiger partial charge in [-0.2, -0.15) is 5.10 Å². The highest BCUT2D eigenvalue weighted by Crippen LogP contribution is 2.44. The second-order valence-electron chi connectivity index (χ2n) is 7.55. The molecule has 2 atom stereocenters. The van der Waals surface area contributed by atoms with Gasteiger partial charge in [0.1, 0.15) is 0 Å². The van der Waals surface area contributed by atoms with E-state index in [0.29, 0.717) is 0 Å². The molecule has 5 heteroatoms. The SMILES string of the molecule is O=C(O)CCC(=O)N1N=C2/C(=C/c3ccccc3)CCC[C@H]2[C@H]1c1ccccc1. The van der Waals surface area contributed by atoms with Crippen LogP contribution in [0.3, 0.4) is 0 Å². The fourth-order valence-electron chi connectivity index (χ4n) is 4.27. The van der Waals surface area contributed by atoms with E-state index in [9.17, 15) is 9.59 Å². The summed E-state index contributed by atoms with van der Waals surface area (Å²) >= 11 is 0. The van der Waals surface area contributed by atoms with Crippen molar-refractivity contribution in [3.63, 3.8) is 0 Å². The zero-order valence-electron chi connectivity index (χ0n) is 16.2. The minimum Gasteiger partial charge on any atom is -0.481 e. The van der Waals surface area contributed by atoms with Gasteiger partial charge in [0.05, 0.1) is 18.2 Å². The number of hydrogen-bond donors (Lipinski definition) is 1. The molecule has 0 aromatic heterocycles. The number of allylic oxidation sites excluding steroid dienone is 1. The van der Waals surface area contributed by atoms with Gasteiger partial charge in [0.15, 0.2) is 0 Å². The quantitative estimate of drug-likeness (QED) is 0.809. The molecule has 1 aliphatic carbocycles. The molecule has 2 aromatic rings. The van der Waals surface area contributed by atoms with Gasteiger partial charge in [0.2, 0.25) is 5.91 Å². The summed E-state index contributed by atoms with van der Waals surface area (Å²) in [7, 11) is 0. The number of nitrogens with zero attached hydrogens (tertiary/aromatic N) is 2. The van der Waals surface area contributed by atoms with Gasteiger partial charge >= 0.3 is 5.97 Å². The highest BCUT2D eigenvalue weighted by atomic mass is 16.4. The number of aliphatic carboxylic acids is 1. The van der Waals surface area contributed by atoms with Crippen LogP contribution in [0.25, 0.3) is 6.08 Å². The normalized spacial score (nSPS) is 22.3. The monoisotopic (exact) mass is 388 g/mol. The molecular weight excluding hydrogens is 364 g/mol. The third kappa shape index (κ3) is 4.14. The van der Waals surface area contributed by atoms with E-state index in [2.05, 4.69) is 18.2 Å². The molecule has 2 aromatic carbocycles. The summed E-state index contributed by atoms with van der Waals surface area (Å²) in [4.78, 5) is 23.8. The number of carbonyl (C=O) groups is 2. The molecule has 1 amide bonds. The number of carboxylic acids is 1. The smallest absolute Gasteiger partial charge is 0.303 e. The number of carboxylic acid groups (broad SMARTS) is 1. The number of fused-ring (bicyclic) bond motifs is 1. The average Bonchev–Trinajstić information content (AvgIpc) is 3.14. The Bertz CT molecular complexity index is 951. The molecular formula is C24H24N2O3. The van der Waals surface area contributed by atoms with Crippen molar-refractivity contribution in [1.82, 2.24) is 5.01 Å². The van der Waals surface area contributed by atoms with E-state index in [1.165, 1.54) is 5.57 Å². The van der Waals surface area contributed by atoms with Crippen LogP contribution >= 0.6 is 0 Å². The molecule has 5 nitrogen and oxygen atoms in total. The second-order valence-corrected chi connectivity index (χ2v) is 7.55. The molecule has 0 spiro atoms. The third-order valence-corrected chi connectivity index (χ3v) is 5.59. The second kappa shape index (κ2) is 8.43. The zero-order chi connectivity index (χ0) is 20.2. The van der Waals surface area contributed by atoms with E-state index in [1.807, 2.05) is 48.5 Å². The molecule has 29 heavy (non-hydrogen) atoms. The van der Waals surface area contributed by atoms with E-state index >= 15 is 0 Å². The highest BCUT2D eigenvalue weighted by molar-refractivity contribution is 6.08. The van der Waals surface area contributed by atoms with Crippen molar-refractivity contribution in [3.05, 3.63) is 77.4 Å². The Kier molecular flexibility index (Phi) is 5.56. The fourth-order valence-corrected chi connectivity index (χ4v) is 4.27. The van der Waals surface area contributed by atoms with Crippen molar-refractivity contribution >= 4 is 23.7 Å². The molecule has 0 radical (unpaired) electrons. The maximum Gasteiger partial charge on any atom is 0.303 e. The average molecular weight is 388 g/mol. The Hall–Kier alpha value is -3.21. The predicted octanol–water partition coefficient (Wildman–Crippen LogP) is 4.67. The van der Waals surface area contributed by atoms with Crippen LogP contribution in [0.1, 0.15) is 49.3 Å². The maximum atomic E-state index is 12.9. The highest BCUT2D eigenvalue weighted by Gasteiger charge is 2.43. The topological polar surface area (TPSA) is 70.0 Å². The van der Waals surface area contributed by atoms with Gasteiger partial charge in [0, 0.05) is 12.3 Å². The molecule has 148 valence electrons. The summed E-state index contributed by atoms with van der Waals surface area (Å²) < 4.78 is 0. The van der Waals surface area contributed by atoms with Crippen molar-refractivity contribution in [2.75, 3.05) is 0 Å². The lowest BCUT2D eigenvalue weighted by Crippen LogP contribution is -2.32. The van der Waals surface area contributed by atoms with Gasteiger partial charge in [-0.05, 0) is 42.0 Å². The first kappa shape index (κ1) is 19.1. The molecule has 1 saturated carbocycles. The number of rotatable bonds is 5. The third-order valence-electron chi connectivity index (χ3n) is 5.59. The lowest BCUT2D eigenvalue weighted by atomic mass is 9.77. The molecule has 1 aliphatic heterocycles.